The van der Waals surface area contributed by atoms with E-state index in [0.717, 1.165) is 11.1 Å². The number of halogens is 1. The van der Waals surface area contributed by atoms with Crippen molar-refractivity contribution in [3.05, 3.63) is 17.1 Å². The van der Waals surface area contributed by atoms with Crippen molar-refractivity contribution in [2.75, 3.05) is 19.8 Å². The maximum absolute atomic E-state index is 5.50. The van der Waals surface area contributed by atoms with Gasteiger partial charge in [-0.25, -0.2) is 4.98 Å². The van der Waals surface area contributed by atoms with E-state index in [4.69, 9.17) is 9.47 Å². The van der Waals surface area contributed by atoms with Gasteiger partial charge in [-0.1, -0.05) is 0 Å². The fourth-order valence-corrected chi connectivity index (χ4v) is 1.66. The Morgan fingerprint density at radius 2 is 2.54 bits per heavy atom. The van der Waals surface area contributed by atoms with E-state index in [-0.39, 0.29) is 6.10 Å². The molecule has 1 aromatic heterocycles. The number of rotatable bonds is 2. The van der Waals surface area contributed by atoms with Crippen LogP contribution in [0.1, 0.15) is 0 Å². The summed E-state index contributed by atoms with van der Waals surface area (Å²) in [6.45, 7) is 2.89. The van der Waals surface area contributed by atoms with Crippen LogP contribution in [0.15, 0.2) is 17.1 Å². The Bertz CT molecular complexity index is 271. The minimum atomic E-state index is 0.162. The van der Waals surface area contributed by atoms with Crippen LogP contribution in [0, 0.1) is 0 Å². The van der Waals surface area contributed by atoms with Gasteiger partial charge < -0.3 is 14.0 Å². The molecule has 1 aliphatic rings. The summed E-state index contributed by atoms with van der Waals surface area (Å²) >= 11 is 3.29. The third kappa shape index (κ3) is 2.52. The minimum absolute atomic E-state index is 0.162. The molecule has 4 nitrogen and oxygen atoms in total. The molecule has 2 heterocycles. The molecule has 0 radical (unpaired) electrons. The van der Waals surface area contributed by atoms with Crippen molar-refractivity contribution < 1.29 is 9.47 Å². The minimum Gasteiger partial charge on any atom is -0.376 e. The topological polar surface area (TPSA) is 36.3 Å². The summed E-state index contributed by atoms with van der Waals surface area (Å²) in [7, 11) is 0. The van der Waals surface area contributed by atoms with E-state index in [9.17, 15) is 0 Å². The molecule has 1 aliphatic heterocycles. The smallest absolute Gasteiger partial charge is 0.124 e. The van der Waals surface area contributed by atoms with E-state index < -0.39 is 0 Å². The molecule has 13 heavy (non-hydrogen) atoms. The molecule has 2 rings (SSSR count). The zero-order valence-electron chi connectivity index (χ0n) is 7.15. The Labute approximate surface area is 85.0 Å². The van der Waals surface area contributed by atoms with Crippen molar-refractivity contribution in [2.24, 2.45) is 0 Å². The molecule has 0 bridgehead atoms. The maximum atomic E-state index is 5.50. The Morgan fingerprint density at radius 1 is 1.62 bits per heavy atom. The van der Waals surface area contributed by atoms with E-state index in [1.165, 1.54) is 0 Å². The largest absolute Gasteiger partial charge is 0.376 e. The number of hydrogen-bond acceptors (Lipinski definition) is 3. The van der Waals surface area contributed by atoms with Gasteiger partial charge in [0.2, 0.25) is 0 Å². The van der Waals surface area contributed by atoms with Crippen LogP contribution in [0.4, 0.5) is 0 Å². The van der Waals surface area contributed by atoms with Crippen molar-refractivity contribution in [2.45, 2.75) is 12.6 Å². The van der Waals surface area contributed by atoms with Crippen molar-refractivity contribution in [1.82, 2.24) is 9.55 Å². The number of nitrogens with zero attached hydrogens (tertiary/aromatic N) is 2. The molecule has 1 unspecified atom stereocenters. The second-order valence-electron chi connectivity index (χ2n) is 2.96. The lowest BCUT2D eigenvalue weighted by Gasteiger charge is -2.22. The monoisotopic (exact) mass is 246 g/mol. The summed E-state index contributed by atoms with van der Waals surface area (Å²) in [5.41, 5.74) is 0. The van der Waals surface area contributed by atoms with Gasteiger partial charge in [-0.3, -0.25) is 0 Å². The predicted molar refractivity (Wildman–Crippen MR) is 50.5 cm³/mol. The molecule has 72 valence electrons. The van der Waals surface area contributed by atoms with E-state index in [2.05, 4.69) is 20.9 Å². The highest BCUT2D eigenvalue weighted by Crippen LogP contribution is 2.08. The second-order valence-corrected chi connectivity index (χ2v) is 3.77. The van der Waals surface area contributed by atoms with E-state index in [0.29, 0.717) is 19.8 Å². The summed E-state index contributed by atoms with van der Waals surface area (Å²) in [6.07, 6.45) is 3.87. The average Bonchev–Trinajstić information content (AvgIpc) is 2.53. The summed E-state index contributed by atoms with van der Waals surface area (Å²) in [5, 5.41) is 0. The lowest BCUT2D eigenvalue weighted by atomic mass is 10.3. The van der Waals surface area contributed by atoms with Crippen LogP contribution in [0.3, 0.4) is 0 Å². The average molecular weight is 247 g/mol. The van der Waals surface area contributed by atoms with Gasteiger partial charge in [0, 0.05) is 6.20 Å². The molecule has 5 heteroatoms. The van der Waals surface area contributed by atoms with Crippen LogP contribution in [0.5, 0.6) is 0 Å². The molecule has 1 aromatic rings. The lowest BCUT2D eigenvalue weighted by Crippen LogP contribution is -2.31. The first kappa shape index (κ1) is 9.18. The van der Waals surface area contributed by atoms with Gasteiger partial charge in [0.1, 0.15) is 4.60 Å². The number of hydrogen-bond donors (Lipinski definition) is 0. The molecule has 1 saturated heterocycles. The van der Waals surface area contributed by atoms with Crippen LogP contribution < -0.4 is 0 Å². The predicted octanol–water partition coefficient (Wildman–Crippen LogP) is 1.06. The maximum Gasteiger partial charge on any atom is 0.124 e. The number of imidazole rings is 1. The molecule has 0 amide bonds. The molecule has 1 atom stereocenters. The van der Waals surface area contributed by atoms with Gasteiger partial charge in [0.25, 0.3) is 0 Å². The Morgan fingerprint density at radius 3 is 3.15 bits per heavy atom. The van der Waals surface area contributed by atoms with Crippen LogP contribution in [-0.2, 0) is 16.0 Å². The molecule has 0 spiro atoms. The summed E-state index contributed by atoms with van der Waals surface area (Å²) in [4.78, 5) is 4.07. The highest BCUT2D eigenvalue weighted by molar-refractivity contribution is 9.10. The van der Waals surface area contributed by atoms with Gasteiger partial charge in [0.05, 0.1) is 38.8 Å². The molecule has 0 N–H and O–H groups in total. The first-order valence-electron chi connectivity index (χ1n) is 4.21. The van der Waals surface area contributed by atoms with Gasteiger partial charge in [-0.15, -0.1) is 0 Å². The molecule has 1 fully saturated rings. The van der Waals surface area contributed by atoms with E-state index >= 15 is 0 Å². The highest BCUT2D eigenvalue weighted by Gasteiger charge is 2.14. The standard InChI is InChI=1S/C8H11BrN2O2/c9-8-4-11(6-10-8)3-7-5-12-1-2-13-7/h4,6-7H,1-3,5H2. The second kappa shape index (κ2) is 4.21. The summed E-state index contributed by atoms with van der Waals surface area (Å²) in [5.74, 6) is 0. The van der Waals surface area contributed by atoms with Crippen LogP contribution >= 0.6 is 15.9 Å². The molecular formula is C8H11BrN2O2. The van der Waals surface area contributed by atoms with Crippen LogP contribution in [0.2, 0.25) is 0 Å². The van der Waals surface area contributed by atoms with Crippen LogP contribution in [-0.4, -0.2) is 35.5 Å². The summed E-state index contributed by atoms with van der Waals surface area (Å²) in [6, 6.07) is 0. The van der Waals surface area contributed by atoms with Crippen molar-refractivity contribution in [3.63, 3.8) is 0 Å². The first-order valence-corrected chi connectivity index (χ1v) is 5.00. The lowest BCUT2D eigenvalue weighted by molar-refractivity contribution is -0.0936. The fourth-order valence-electron chi connectivity index (χ4n) is 1.31. The third-order valence-electron chi connectivity index (χ3n) is 1.90. The summed E-state index contributed by atoms with van der Waals surface area (Å²) < 4.78 is 13.6. The number of aromatic nitrogens is 2. The van der Waals surface area contributed by atoms with Crippen molar-refractivity contribution in [3.8, 4) is 0 Å². The van der Waals surface area contributed by atoms with Gasteiger partial charge in [0.15, 0.2) is 0 Å². The van der Waals surface area contributed by atoms with Crippen LogP contribution in [0.25, 0.3) is 0 Å². The third-order valence-corrected chi connectivity index (χ3v) is 2.31. The zero-order valence-corrected chi connectivity index (χ0v) is 8.74. The van der Waals surface area contributed by atoms with Gasteiger partial charge >= 0.3 is 0 Å². The normalized spacial score (nSPS) is 23.3. The van der Waals surface area contributed by atoms with E-state index in [1.54, 1.807) is 6.33 Å². The van der Waals surface area contributed by atoms with Gasteiger partial charge in [-0.05, 0) is 15.9 Å². The zero-order chi connectivity index (χ0) is 9.10. The Hall–Kier alpha value is -0.390. The SMILES string of the molecule is Brc1cn(CC2COCCO2)cn1. The molecule has 0 aromatic carbocycles. The molecule has 0 aliphatic carbocycles. The van der Waals surface area contributed by atoms with E-state index in [1.807, 2.05) is 10.8 Å². The molecule has 0 saturated carbocycles. The quantitative estimate of drug-likeness (QED) is 0.784. The van der Waals surface area contributed by atoms with Gasteiger partial charge in [-0.2, -0.15) is 0 Å². The van der Waals surface area contributed by atoms with Crippen molar-refractivity contribution >= 4 is 15.9 Å². The fraction of sp³-hybridized carbons (Fsp3) is 0.625. The Kier molecular flexibility index (Phi) is 2.97. The Balaban J connectivity index is 1.89. The number of ether oxygens (including phenoxy) is 2. The molecular weight excluding hydrogens is 236 g/mol. The highest BCUT2D eigenvalue weighted by atomic mass is 79.9. The van der Waals surface area contributed by atoms with Crippen molar-refractivity contribution in [1.29, 1.82) is 0 Å². The first-order chi connectivity index (χ1) is 6.34.